The van der Waals surface area contributed by atoms with Gasteiger partial charge in [0.25, 0.3) is 17.7 Å². The highest BCUT2D eigenvalue weighted by molar-refractivity contribution is 6.21. The highest BCUT2D eigenvalue weighted by Gasteiger charge is 2.48. The zero-order valence-electron chi connectivity index (χ0n) is 48.5. The van der Waals surface area contributed by atoms with Gasteiger partial charge in [-0.2, -0.15) is 0 Å². The number of carbonyl (C=O) groups excluding carboxylic acids is 4. The molecule has 7 aromatic heterocycles. The zero-order chi connectivity index (χ0) is 58.4. The first-order chi connectivity index (χ1) is 38.1. The largest absolute Gasteiger partial charge is 0.382 e. The number of imidazole rings is 3. The van der Waals surface area contributed by atoms with Crippen molar-refractivity contribution in [3.05, 3.63) is 128 Å². The van der Waals surface area contributed by atoms with E-state index in [9.17, 15) is 19.2 Å². The number of para-hydroxylation sites is 1. The smallest absolute Gasteiger partial charge is 0.327 e. The normalized spacial score (nSPS) is 14.5. The first kappa shape index (κ1) is 60.5. The molecule has 0 aliphatic carbocycles. The molecule has 23 heteroatoms. The van der Waals surface area contributed by atoms with Gasteiger partial charge in [-0.3, -0.25) is 24.2 Å². The molecule has 0 bridgehead atoms. The van der Waals surface area contributed by atoms with E-state index in [0.29, 0.717) is 52.7 Å². The molecule has 0 radical (unpaired) electrons. The molecule has 23 nitrogen and oxygen atoms in total. The van der Waals surface area contributed by atoms with Crippen LogP contribution in [0.15, 0.2) is 117 Å². The molecule has 12 rings (SSSR count). The Kier molecular flexibility index (Phi) is 20.9. The second-order valence-corrected chi connectivity index (χ2v) is 21.1. The lowest BCUT2D eigenvalue weighted by Crippen LogP contribution is -2.38. The van der Waals surface area contributed by atoms with E-state index in [4.69, 9.17) is 5.73 Å². The molecule has 5 amide bonds. The number of anilines is 1. The molecule has 3 aliphatic heterocycles. The number of benzene rings is 2. The minimum absolute atomic E-state index is 0.00231. The number of nitrogens with two attached hydrogens (primary N) is 1. The van der Waals surface area contributed by atoms with E-state index in [2.05, 4.69) is 151 Å². The number of nitrogens with zero attached hydrogens (tertiary/aromatic N) is 18. The number of aromatic nitrogens is 15. The summed E-state index contributed by atoms with van der Waals surface area (Å²) in [6.07, 6.45) is 19.4. The van der Waals surface area contributed by atoms with Gasteiger partial charge in [-0.05, 0) is 150 Å². The molecule has 0 spiro atoms. The second kappa shape index (κ2) is 27.7. The van der Waals surface area contributed by atoms with Crippen LogP contribution in [0.5, 0.6) is 0 Å². The van der Waals surface area contributed by atoms with Crippen molar-refractivity contribution < 1.29 is 19.2 Å². The van der Waals surface area contributed by atoms with Gasteiger partial charge >= 0.3 is 6.03 Å². The van der Waals surface area contributed by atoms with Crippen molar-refractivity contribution >= 4 is 62.8 Å². The molecule has 1 unspecified atom stereocenters. The van der Waals surface area contributed by atoms with Crippen molar-refractivity contribution in [3.8, 4) is 0 Å². The topological polar surface area (TPSA) is 258 Å². The average molecular weight is 1090 g/mol. The Morgan fingerprint density at radius 3 is 1.71 bits per heavy atom. The van der Waals surface area contributed by atoms with Crippen LogP contribution < -0.4 is 5.73 Å². The Balaban J connectivity index is 0.000000152. The first-order valence-electron chi connectivity index (χ1n) is 27.1. The number of hydrogen-bond donors (Lipinski definition) is 1. The molecule has 80 heavy (non-hydrogen) atoms. The van der Waals surface area contributed by atoms with E-state index >= 15 is 0 Å². The summed E-state index contributed by atoms with van der Waals surface area (Å²) in [5.41, 5.74) is 11.2. The molecule has 2 saturated heterocycles. The maximum atomic E-state index is 11.8. The summed E-state index contributed by atoms with van der Waals surface area (Å²) in [6, 6.07) is 19.4. The fourth-order valence-corrected chi connectivity index (χ4v) is 8.74. The third-order valence-corrected chi connectivity index (χ3v) is 13.0. The number of urea groups is 1. The molecule has 2 N–H and O–H groups in total. The Hall–Kier alpha value is -8.76. The fraction of sp³-hybridized carbons (Fsp3) is 0.439. The van der Waals surface area contributed by atoms with Gasteiger partial charge in [0.1, 0.15) is 36.1 Å². The Bertz CT molecular complexity index is 3240. The molecule has 0 saturated carbocycles. The van der Waals surface area contributed by atoms with Crippen molar-refractivity contribution in [1.29, 1.82) is 0 Å². The van der Waals surface area contributed by atoms with E-state index in [0.717, 1.165) is 36.2 Å². The van der Waals surface area contributed by atoms with Crippen LogP contribution in [0.4, 0.5) is 10.6 Å². The number of fused-ring (bicyclic) bond motifs is 5. The summed E-state index contributed by atoms with van der Waals surface area (Å²) in [7, 11) is 0. The third-order valence-electron chi connectivity index (χ3n) is 13.0. The van der Waals surface area contributed by atoms with Gasteiger partial charge in [0.05, 0.1) is 36.3 Å². The number of nitrogen functional groups attached to an aromatic ring is 1. The minimum atomic E-state index is -0.180. The van der Waals surface area contributed by atoms with E-state index in [1.165, 1.54) is 27.0 Å². The van der Waals surface area contributed by atoms with Gasteiger partial charge < -0.3 is 28.9 Å². The Morgan fingerprint density at radius 2 is 1.18 bits per heavy atom. The molecule has 424 valence electrons. The zero-order valence-corrected chi connectivity index (χ0v) is 48.5. The van der Waals surface area contributed by atoms with Crippen LogP contribution in [0.2, 0.25) is 0 Å². The van der Waals surface area contributed by atoms with Gasteiger partial charge in [0.15, 0.2) is 17.1 Å². The third kappa shape index (κ3) is 14.5. The predicted octanol–water partition coefficient (Wildman–Crippen LogP) is 9.85. The Morgan fingerprint density at radius 1 is 0.562 bits per heavy atom. The lowest BCUT2D eigenvalue weighted by atomic mass is 10.1. The highest BCUT2D eigenvalue weighted by Crippen LogP contribution is 2.29. The van der Waals surface area contributed by atoms with Crippen molar-refractivity contribution in [1.82, 2.24) is 88.1 Å². The standard InChI is InChI=1S/C11H11NO2.C11H13N.C9H14N2O2.C8H11N5.C8H10N4.C6H10N2.C4H8N4/c1-7(2)12-10(13)8-5-3-4-6-9(8)11(12)14;1-9(2)12-8-7-10-5-3-4-6-11(10)12;1-6(2)11-8(12)7-4-3-5-10(7)9(11)13;1-5(2)13-4-12-6-7(9)10-3-11-8(6)13;1-6(2)12-5-11-7-3-9-4-10-8(7)12;1-6(2)8-4-3-7-5-8;1-4(2)8-3-5-6-7-8/h3-7H,1-2H3;3-9H,1-2H3;6-7H,3-5H2,1-2H3;3-5H,1-2H3,(H2,9,10,11);3-6H,1-2H3;3-6H,1-2H3;3-4H,1-2H3. The maximum Gasteiger partial charge on any atom is 0.327 e. The van der Waals surface area contributed by atoms with Crippen LogP contribution in [0.3, 0.4) is 0 Å². The molecule has 10 heterocycles. The number of carbonyl (C=O) groups is 4. The minimum Gasteiger partial charge on any atom is -0.382 e. The van der Waals surface area contributed by atoms with Crippen molar-refractivity contribution in [2.45, 2.75) is 158 Å². The summed E-state index contributed by atoms with van der Waals surface area (Å²) >= 11 is 0. The van der Waals surface area contributed by atoms with Crippen molar-refractivity contribution in [3.63, 3.8) is 0 Å². The van der Waals surface area contributed by atoms with Crippen molar-refractivity contribution in [2.24, 2.45) is 0 Å². The predicted molar refractivity (Wildman–Crippen MR) is 308 cm³/mol. The lowest BCUT2D eigenvalue weighted by Gasteiger charge is -2.18. The van der Waals surface area contributed by atoms with Gasteiger partial charge in [-0.1, -0.05) is 30.3 Å². The monoisotopic (exact) mass is 1090 g/mol. The van der Waals surface area contributed by atoms with Gasteiger partial charge in [-0.15, -0.1) is 5.10 Å². The van der Waals surface area contributed by atoms with Crippen molar-refractivity contribution in [2.75, 3.05) is 12.3 Å². The van der Waals surface area contributed by atoms with E-state index in [-0.39, 0.29) is 41.9 Å². The highest BCUT2D eigenvalue weighted by atomic mass is 16.2. The van der Waals surface area contributed by atoms with E-state index < -0.39 is 0 Å². The molecule has 2 aromatic carbocycles. The summed E-state index contributed by atoms with van der Waals surface area (Å²) in [6.45, 7) is 29.2. The van der Waals surface area contributed by atoms with Crippen LogP contribution in [-0.2, 0) is 4.79 Å². The second-order valence-electron chi connectivity index (χ2n) is 21.1. The molecular formula is C57H77N19O4. The number of imide groups is 2. The van der Waals surface area contributed by atoms with Crippen LogP contribution in [0, 0.1) is 0 Å². The van der Waals surface area contributed by atoms with Crippen LogP contribution >= 0.6 is 0 Å². The average Bonchev–Trinajstić information content (AvgIpc) is 4.37. The SMILES string of the molecule is CC(C)N1C(=O)C2CCCN2C1=O.CC(C)N1C(=O)c2ccccc2C1=O.CC(C)n1ccc2ccccc21.CC(C)n1ccnc1.CC(C)n1cnc2c(N)ncnc21.CC(C)n1cnc2cncnc21.CC(C)n1cnnn1. The molecule has 2 fully saturated rings. The Labute approximate surface area is 467 Å². The van der Waals surface area contributed by atoms with Gasteiger partial charge in [0, 0.05) is 72.9 Å². The number of amides is 5. The van der Waals surface area contributed by atoms with E-state index in [1.54, 1.807) is 71.6 Å². The molecule has 9 aromatic rings. The summed E-state index contributed by atoms with van der Waals surface area (Å²) in [5, 5.41) is 11.9. The van der Waals surface area contributed by atoms with Crippen LogP contribution in [0.1, 0.15) is 161 Å². The molecule has 3 aliphatic rings. The fourth-order valence-electron chi connectivity index (χ4n) is 8.74. The number of rotatable bonds is 7. The van der Waals surface area contributed by atoms with Crippen LogP contribution in [0.25, 0.3) is 33.2 Å². The quantitative estimate of drug-likeness (QED) is 0.115. The van der Waals surface area contributed by atoms with Crippen LogP contribution in [-0.4, -0.2) is 136 Å². The maximum absolute atomic E-state index is 11.8. The first-order valence-corrected chi connectivity index (χ1v) is 27.1. The van der Waals surface area contributed by atoms with Gasteiger partial charge in [0.2, 0.25) is 0 Å². The van der Waals surface area contributed by atoms with E-state index in [1.807, 2.05) is 63.2 Å². The van der Waals surface area contributed by atoms with Gasteiger partial charge in [-0.25, -0.2) is 44.4 Å². The lowest BCUT2D eigenvalue weighted by molar-refractivity contribution is -0.129. The summed E-state index contributed by atoms with van der Waals surface area (Å²) < 4.78 is 10.0. The molecule has 1 atom stereocenters. The number of tetrazole rings is 1. The summed E-state index contributed by atoms with van der Waals surface area (Å²) in [5.74, 6) is 0.0723. The molecular weight excluding hydrogens is 1010 g/mol. The number of hydrogen-bond acceptors (Lipinski definition) is 15. The summed E-state index contributed by atoms with van der Waals surface area (Å²) in [4.78, 5) is 79.5.